The Bertz CT molecular complexity index is 432. The molecule has 1 aromatic carbocycles. The third-order valence-electron chi connectivity index (χ3n) is 2.35. The molecule has 0 aromatic heterocycles. The van der Waals surface area contributed by atoms with E-state index in [1.165, 1.54) is 19.1 Å². The van der Waals surface area contributed by atoms with Gasteiger partial charge in [0.25, 0.3) is 5.69 Å². The Morgan fingerprint density at radius 3 is 2.53 bits per heavy atom. The Labute approximate surface area is 95.4 Å². The maximum absolute atomic E-state index is 12.2. The van der Waals surface area contributed by atoms with Crippen LogP contribution in [-0.2, 0) is 6.42 Å². The SMILES string of the molecule is Cc1ccc(CC(N)C(F)(F)F)cc1[N+](=O)[O-]. The van der Waals surface area contributed by atoms with Crippen LogP contribution in [0, 0.1) is 17.0 Å². The first-order valence-corrected chi connectivity index (χ1v) is 4.78. The molecular weight excluding hydrogens is 237 g/mol. The fourth-order valence-corrected chi connectivity index (χ4v) is 1.35. The van der Waals surface area contributed by atoms with Crippen LogP contribution in [0.1, 0.15) is 11.1 Å². The Kier molecular flexibility index (Phi) is 3.72. The van der Waals surface area contributed by atoms with E-state index in [4.69, 9.17) is 5.73 Å². The van der Waals surface area contributed by atoms with E-state index in [2.05, 4.69) is 0 Å². The molecule has 1 rings (SSSR count). The van der Waals surface area contributed by atoms with E-state index in [-0.39, 0.29) is 11.3 Å². The zero-order chi connectivity index (χ0) is 13.2. The van der Waals surface area contributed by atoms with Gasteiger partial charge in [-0.1, -0.05) is 12.1 Å². The van der Waals surface area contributed by atoms with Gasteiger partial charge in [0.05, 0.1) is 4.92 Å². The van der Waals surface area contributed by atoms with E-state index in [1.54, 1.807) is 0 Å². The molecular formula is C10H11F3N2O2. The summed E-state index contributed by atoms with van der Waals surface area (Å²) in [6.45, 7) is 1.52. The number of nitro groups is 1. The Balaban J connectivity index is 2.94. The summed E-state index contributed by atoms with van der Waals surface area (Å²) in [6, 6.07) is 1.94. The molecule has 0 amide bonds. The number of alkyl halides is 3. The van der Waals surface area contributed by atoms with Crippen LogP contribution in [0.5, 0.6) is 0 Å². The molecule has 94 valence electrons. The average Bonchev–Trinajstić information content (AvgIpc) is 2.19. The van der Waals surface area contributed by atoms with Crippen molar-refractivity contribution in [2.24, 2.45) is 5.73 Å². The highest BCUT2D eigenvalue weighted by Crippen LogP contribution is 2.24. The van der Waals surface area contributed by atoms with Gasteiger partial charge in [0.15, 0.2) is 0 Å². The number of aryl methyl sites for hydroxylation is 1. The van der Waals surface area contributed by atoms with Crippen molar-refractivity contribution in [2.45, 2.75) is 25.6 Å². The van der Waals surface area contributed by atoms with Crippen LogP contribution in [0.15, 0.2) is 18.2 Å². The Morgan fingerprint density at radius 1 is 1.47 bits per heavy atom. The molecule has 0 spiro atoms. The minimum atomic E-state index is -4.50. The van der Waals surface area contributed by atoms with Crippen molar-refractivity contribution in [2.75, 3.05) is 0 Å². The van der Waals surface area contributed by atoms with Gasteiger partial charge in [0.2, 0.25) is 0 Å². The second-order valence-electron chi connectivity index (χ2n) is 3.73. The van der Waals surface area contributed by atoms with Crippen LogP contribution in [0.4, 0.5) is 18.9 Å². The maximum atomic E-state index is 12.2. The first-order valence-electron chi connectivity index (χ1n) is 4.78. The lowest BCUT2D eigenvalue weighted by Gasteiger charge is -2.15. The Hall–Kier alpha value is -1.63. The van der Waals surface area contributed by atoms with Crippen molar-refractivity contribution in [1.82, 2.24) is 0 Å². The summed E-state index contributed by atoms with van der Waals surface area (Å²) in [5.74, 6) is 0. The first-order chi connectivity index (χ1) is 7.71. The molecule has 1 atom stereocenters. The lowest BCUT2D eigenvalue weighted by atomic mass is 10.0. The zero-order valence-electron chi connectivity index (χ0n) is 8.99. The smallest absolute Gasteiger partial charge is 0.320 e. The van der Waals surface area contributed by atoms with Gasteiger partial charge >= 0.3 is 6.18 Å². The van der Waals surface area contributed by atoms with Gasteiger partial charge in [-0.25, -0.2) is 0 Å². The highest BCUT2D eigenvalue weighted by molar-refractivity contribution is 5.42. The fraction of sp³-hybridized carbons (Fsp3) is 0.400. The van der Waals surface area contributed by atoms with E-state index < -0.39 is 23.6 Å². The van der Waals surface area contributed by atoms with Gasteiger partial charge in [-0.2, -0.15) is 13.2 Å². The summed E-state index contributed by atoms with van der Waals surface area (Å²) in [4.78, 5) is 9.98. The van der Waals surface area contributed by atoms with Crippen LogP contribution >= 0.6 is 0 Å². The largest absolute Gasteiger partial charge is 0.403 e. The topological polar surface area (TPSA) is 69.2 Å². The molecule has 7 heteroatoms. The van der Waals surface area contributed by atoms with Crippen molar-refractivity contribution in [3.8, 4) is 0 Å². The molecule has 17 heavy (non-hydrogen) atoms. The van der Waals surface area contributed by atoms with Crippen molar-refractivity contribution < 1.29 is 18.1 Å². The molecule has 4 nitrogen and oxygen atoms in total. The quantitative estimate of drug-likeness (QED) is 0.659. The van der Waals surface area contributed by atoms with Crippen LogP contribution in [0.25, 0.3) is 0 Å². The van der Waals surface area contributed by atoms with E-state index >= 15 is 0 Å². The molecule has 0 saturated heterocycles. The number of nitrogens with zero attached hydrogens (tertiary/aromatic N) is 1. The second kappa shape index (κ2) is 4.70. The lowest BCUT2D eigenvalue weighted by Crippen LogP contribution is -2.39. The molecule has 1 aromatic rings. The van der Waals surface area contributed by atoms with Crippen LogP contribution in [0.2, 0.25) is 0 Å². The number of hydrogen-bond donors (Lipinski definition) is 1. The number of nitrogens with two attached hydrogens (primary N) is 1. The predicted molar refractivity (Wildman–Crippen MR) is 55.6 cm³/mol. The molecule has 2 N–H and O–H groups in total. The van der Waals surface area contributed by atoms with Gasteiger partial charge in [-0.3, -0.25) is 10.1 Å². The Morgan fingerprint density at radius 2 is 2.06 bits per heavy atom. The third kappa shape index (κ3) is 3.42. The molecule has 0 aliphatic heterocycles. The van der Waals surface area contributed by atoms with Crippen molar-refractivity contribution in [1.29, 1.82) is 0 Å². The fourth-order valence-electron chi connectivity index (χ4n) is 1.35. The minimum Gasteiger partial charge on any atom is -0.320 e. The first kappa shape index (κ1) is 13.4. The molecule has 0 radical (unpaired) electrons. The van der Waals surface area contributed by atoms with Gasteiger partial charge in [0, 0.05) is 11.6 Å². The average molecular weight is 248 g/mol. The summed E-state index contributed by atoms with van der Waals surface area (Å²) in [5, 5.41) is 10.6. The van der Waals surface area contributed by atoms with Crippen molar-refractivity contribution in [3.05, 3.63) is 39.4 Å². The van der Waals surface area contributed by atoms with Crippen LogP contribution < -0.4 is 5.73 Å². The van der Waals surface area contributed by atoms with Crippen LogP contribution in [0.3, 0.4) is 0 Å². The normalized spacial score (nSPS) is 13.5. The molecule has 0 aliphatic carbocycles. The summed E-state index contributed by atoms with van der Waals surface area (Å²) in [7, 11) is 0. The molecule has 0 heterocycles. The molecule has 0 fully saturated rings. The summed E-state index contributed by atoms with van der Waals surface area (Å²) >= 11 is 0. The van der Waals surface area contributed by atoms with Gasteiger partial charge < -0.3 is 5.73 Å². The van der Waals surface area contributed by atoms with E-state index in [0.717, 1.165) is 6.07 Å². The highest BCUT2D eigenvalue weighted by atomic mass is 19.4. The predicted octanol–water partition coefficient (Wildman–Crippen LogP) is 2.34. The van der Waals surface area contributed by atoms with Gasteiger partial charge in [0.1, 0.15) is 6.04 Å². The number of nitro benzene ring substituents is 1. The van der Waals surface area contributed by atoms with Gasteiger partial charge in [-0.05, 0) is 18.9 Å². The number of rotatable bonds is 3. The molecule has 0 saturated carbocycles. The molecule has 1 unspecified atom stereocenters. The van der Waals surface area contributed by atoms with Crippen molar-refractivity contribution >= 4 is 5.69 Å². The summed E-state index contributed by atoms with van der Waals surface area (Å²) < 4.78 is 36.6. The van der Waals surface area contributed by atoms with E-state index in [9.17, 15) is 23.3 Å². The standard InChI is InChI=1S/C10H11F3N2O2/c1-6-2-3-7(4-8(6)15(16)17)5-9(14)10(11,12)13/h2-4,9H,5,14H2,1H3. The van der Waals surface area contributed by atoms with E-state index in [0.29, 0.717) is 5.56 Å². The van der Waals surface area contributed by atoms with Crippen LogP contribution in [-0.4, -0.2) is 17.1 Å². The third-order valence-corrected chi connectivity index (χ3v) is 2.35. The van der Waals surface area contributed by atoms with Gasteiger partial charge in [-0.15, -0.1) is 0 Å². The summed E-state index contributed by atoms with van der Waals surface area (Å²) in [5.41, 5.74) is 5.36. The maximum Gasteiger partial charge on any atom is 0.403 e. The van der Waals surface area contributed by atoms with E-state index in [1.807, 2.05) is 0 Å². The molecule has 0 aliphatic rings. The number of benzene rings is 1. The second-order valence-corrected chi connectivity index (χ2v) is 3.73. The zero-order valence-corrected chi connectivity index (χ0v) is 8.99. The van der Waals surface area contributed by atoms with Crippen molar-refractivity contribution in [3.63, 3.8) is 0 Å². The number of halogens is 3. The monoisotopic (exact) mass is 248 g/mol. The lowest BCUT2D eigenvalue weighted by molar-refractivity contribution is -0.385. The minimum absolute atomic E-state index is 0.197. The highest BCUT2D eigenvalue weighted by Gasteiger charge is 2.36. The number of hydrogen-bond acceptors (Lipinski definition) is 3. The summed E-state index contributed by atoms with van der Waals surface area (Å²) in [6.07, 6.45) is -4.97. The molecule has 0 bridgehead atoms.